The number of rotatable bonds is 8. The van der Waals surface area contributed by atoms with Gasteiger partial charge in [0.1, 0.15) is 5.75 Å². The number of piperazine rings is 1. The van der Waals surface area contributed by atoms with Gasteiger partial charge in [-0.1, -0.05) is 13.0 Å². The van der Waals surface area contributed by atoms with Gasteiger partial charge < -0.3 is 24.4 Å². The lowest BCUT2D eigenvalue weighted by Gasteiger charge is -2.40. The molecule has 1 atom stereocenters. The summed E-state index contributed by atoms with van der Waals surface area (Å²) in [4.78, 5) is 17.0. The largest absolute Gasteiger partial charge is 0.497 e. The number of methoxy groups -OCH3 is 1. The summed E-state index contributed by atoms with van der Waals surface area (Å²) in [5.41, 5.74) is 2.34. The summed E-state index contributed by atoms with van der Waals surface area (Å²) in [6, 6.07) is 14.4. The Morgan fingerprint density at radius 1 is 1.06 bits per heavy atom. The molecule has 31 heavy (non-hydrogen) atoms. The van der Waals surface area contributed by atoms with Gasteiger partial charge in [-0.2, -0.15) is 0 Å². The fraction of sp³-hybridized carbons (Fsp3) is 0.458. The Morgan fingerprint density at radius 2 is 1.81 bits per heavy atom. The van der Waals surface area contributed by atoms with Crippen molar-refractivity contribution in [3.05, 3.63) is 48.0 Å². The molecule has 0 unspecified atom stereocenters. The van der Waals surface area contributed by atoms with E-state index in [0.717, 1.165) is 55.4 Å². The molecule has 0 aliphatic carbocycles. The lowest BCUT2D eigenvalue weighted by atomic mass is 10.0. The third-order valence-electron chi connectivity index (χ3n) is 5.94. The van der Waals surface area contributed by atoms with Gasteiger partial charge in [-0.05, 0) is 48.4 Å². The first kappa shape index (κ1) is 21.3. The van der Waals surface area contributed by atoms with Crippen LogP contribution in [0.25, 0.3) is 0 Å². The normalized spacial score (nSPS) is 16.8. The van der Waals surface area contributed by atoms with Crippen LogP contribution < -0.4 is 24.4 Å². The molecule has 7 heteroatoms. The molecular formula is C24H31N3O4. The Bertz CT molecular complexity index is 879. The Morgan fingerprint density at radius 3 is 2.52 bits per heavy atom. The fourth-order valence-electron chi connectivity index (χ4n) is 4.19. The third-order valence-corrected chi connectivity index (χ3v) is 5.94. The van der Waals surface area contributed by atoms with Crippen LogP contribution in [0.3, 0.4) is 0 Å². The summed E-state index contributed by atoms with van der Waals surface area (Å²) < 4.78 is 16.3. The van der Waals surface area contributed by atoms with Gasteiger partial charge in [-0.15, -0.1) is 0 Å². The van der Waals surface area contributed by atoms with E-state index in [-0.39, 0.29) is 18.7 Å². The minimum absolute atomic E-state index is 0.0910. The molecule has 1 saturated heterocycles. The zero-order chi connectivity index (χ0) is 21.6. The number of nitrogens with one attached hydrogen (secondary N) is 1. The predicted octanol–water partition coefficient (Wildman–Crippen LogP) is 3.20. The highest BCUT2D eigenvalue weighted by Gasteiger charge is 2.27. The van der Waals surface area contributed by atoms with Gasteiger partial charge in [0.2, 0.25) is 12.7 Å². The first-order chi connectivity index (χ1) is 15.2. The topological polar surface area (TPSA) is 63.3 Å². The van der Waals surface area contributed by atoms with Crippen molar-refractivity contribution >= 4 is 11.6 Å². The predicted molar refractivity (Wildman–Crippen MR) is 120 cm³/mol. The Kier molecular flexibility index (Phi) is 6.82. The highest BCUT2D eigenvalue weighted by molar-refractivity contribution is 5.75. The van der Waals surface area contributed by atoms with Crippen LogP contribution in [0.15, 0.2) is 42.5 Å². The molecule has 2 aliphatic heterocycles. The highest BCUT2D eigenvalue weighted by Crippen LogP contribution is 2.35. The molecule has 0 spiro atoms. The van der Waals surface area contributed by atoms with E-state index in [1.165, 1.54) is 5.69 Å². The van der Waals surface area contributed by atoms with Crippen LogP contribution in [0.5, 0.6) is 17.2 Å². The number of amides is 1. The summed E-state index contributed by atoms with van der Waals surface area (Å²) in [7, 11) is 1.68. The highest BCUT2D eigenvalue weighted by atomic mass is 16.7. The van der Waals surface area contributed by atoms with E-state index < -0.39 is 0 Å². The van der Waals surface area contributed by atoms with Crippen molar-refractivity contribution in [3.63, 3.8) is 0 Å². The Labute approximate surface area is 183 Å². The number of carbonyl (C=O) groups is 1. The minimum atomic E-state index is 0.0910. The number of nitrogens with zero attached hydrogens (tertiary/aromatic N) is 2. The van der Waals surface area contributed by atoms with Gasteiger partial charge in [0, 0.05) is 44.8 Å². The summed E-state index contributed by atoms with van der Waals surface area (Å²) in [6.07, 6.45) is 1.40. The molecule has 1 amide bonds. The third kappa shape index (κ3) is 5.05. The van der Waals surface area contributed by atoms with Crippen LogP contribution in [-0.4, -0.2) is 57.4 Å². The van der Waals surface area contributed by atoms with Gasteiger partial charge in [0.15, 0.2) is 11.5 Å². The second-order valence-corrected chi connectivity index (χ2v) is 7.90. The maximum atomic E-state index is 12.1. The monoisotopic (exact) mass is 425 g/mol. The number of hydrogen-bond donors (Lipinski definition) is 1. The maximum absolute atomic E-state index is 12.1. The zero-order valence-electron chi connectivity index (χ0n) is 18.3. The molecule has 4 rings (SSSR count). The fourth-order valence-corrected chi connectivity index (χ4v) is 4.19. The minimum Gasteiger partial charge on any atom is -0.497 e. The molecule has 2 aromatic rings. The molecule has 166 valence electrons. The van der Waals surface area contributed by atoms with E-state index in [1.807, 2.05) is 25.1 Å². The summed E-state index contributed by atoms with van der Waals surface area (Å²) in [6.45, 7) is 6.54. The molecule has 0 aromatic heterocycles. The van der Waals surface area contributed by atoms with Crippen LogP contribution in [0.2, 0.25) is 0 Å². The van der Waals surface area contributed by atoms with E-state index in [9.17, 15) is 4.79 Å². The van der Waals surface area contributed by atoms with Crippen molar-refractivity contribution in [1.29, 1.82) is 0 Å². The molecule has 1 fully saturated rings. The number of carbonyl (C=O) groups excluding carboxylic acids is 1. The van der Waals surface area contributed by atoms with Gasteiger partial charge in [-0.3, -0.25) is 9.69 Å². The Balaban J connectivity index is 1.45. The van der Waals surface area contributed by atoms with E-state index >= 15 is 0 Å². The maximum Gasteiger partial charge on any atom is 0.231 e. The van der Waals surface area contributed by atoms with Crippen LogP contribution in [-0.2, 0) is 4.79 Å². The number of ether oxygens (including phenoxy) is 3. The van der Waals surface area contributed by atoms with Crippen molar-refractivity contribution < 1.29 is 19.0 Å². The first-order valence-corrected chi connectivity index (χ1v) is 11.0. The van der Waals surface area contributed by atoms with Crippen LogP contribution >= 0.6 is 0 Å². The summed E-state index contributed by atoms with van der Waals surface area (Å²) >= 11 is 0. The lowest BCUT2D eigenvalue weighted by Crippen LogP contribution is -2.49. The molecule has 0 bridgehead atoms. The van der Waals surface area contributed by atoms with Gasteiger partial charge in [0.25, 0.3) is 0 Å². The van der Waals surface area contributed by atoms with Crippen LogP contribution in [0.4, 0.5) is 5.69 Å². The van der Waals surface area contributed by atoms with Gasteiger partial charge in [-0.25, -0.2) is 0 Å². The SMILES string of the molecule is CCCC(=O)NC[C@@H](c1ccc2c(c1)OCO2)N1CCN(c2ccc(OC)cc2)CC1. The van der Waals surface area contributed by atoms with E-state index in [2.05, 4.69) is 39.4 Å². The number of fused-ring (bicyclic) bond motifs is 1. The molecule has 2 aliphatic rings. The average molecular weight is 426 g/mol. The molecule has 2 heterocycles. The van der Waals surface area contributed by atoms with Crippen molar-refractivity contribution in [2.45, 2.75) is 25.8 Å². The quantitative estimate of drug-likeness (QED) is 0.701. The molecular weight excluding hydrogens is 394 g/mol. The number of anilines is 1. The van der Waals surface area contributed by atoms with Gasteiger partial charge in [0.05, 0.1) is 13.2 Å². The molecule has 0 saturated carbocycles. The van der Waals surface area contributed by atoms with E-state index in [4.69, 9.17) is 14.2 Å². The zero-order valence-corrected chi connectivity index (χ0v) is 18.3. The van der Waals surface area contributed by atoms with Crippen molar-refractivity contribution in [1.82, 2.24) is 10.2 Å². The molecule has 2 aromatic carbocycles. The second-order valence-electron chi connectivity index (χ2n) is 7.90. The van der Waals surface area contributed by atoms with Crippen LogP contribution in [0, 0.1) is 0 Å². The second kappa shape index (κ2) is 9.92. The lowest BCUT2D eigenvalue weighted by molar-refractivity contribution is -0.121. The van der Waals surface area contributed by atoms with E-state index in [0.29, 0.717) is 13.0 Å². The average Bonchev–Trinajstić information content (AvgIpc) is 3.28. The first-order valence-electron chi connectivity index (χ1n) is 11.0. The molecule has 1 N–H and O–H groups in total. The number of hydrogen-bond acceptors (Lipinski definition) is 6. The standard InChI is InChI=1S/C24H31N3O4/c1-3-4-24(28)25-16-21(18-5-10-22-23(15-18)31-17-30-22)27-13-11-26(12-14-27)19-6-8-20(29-2)9-7-19/h5-10,15,21H,3-4,11-14,16-17H2,1-2H3,(H,25,28)/t21-/m0/s1. The number of benzene rings is 2. The van der Waals surface area contributed by atoms with Crippen molar-refractivity contribution in [2.24, 2.45) is 0 Å². The summed E-state index contributed by atoms with van der Waals surface area (Å²) in [5.74, 6) is 2.53. The van der Waals surface area contributed by atoms with Crippen molar-refractivity contribution in [2.75, 3.05) is 51.5 Å². The Hall–Kier alpha value is -2.93. The smallest absolute Gasteiger partial charge is 0.231 e. The van der Waals surface area contributed by atoms with Crippen LogP contribution in [0.1, 0.15) is 31.4 Å². The van der Waals surface area contributed by atoms with Crippen molar-refractivity contribution in [3.8, 4) is 17.2 Å². The molecule has 0 radical (unpaired) electrons. The van der Waals surface area contributed by atoms with Gasteiger partial charge >= 0.3 is 0 Å². The summed E-state index contributed by atoms with van der Waals surface area (Å²) in [5, 5.41) is 3.12. The molecule has 7 nitrogen and oxygen atoms in total. The van der Waals surface area contributed by atoms with E-state index in [1.54, 1.807) is 7.11 Å².